The molecule has 0 atom stereocenters. The van der Waals surface area contributed by atoms with Crippen molar-refractivity contribution in [2.45, 2.75) is 31.7 Å². The number of nitrogens with zero attached hydrogens (tertiary/aromatic N) is 6. The second-order valence-electron chi connectivity index (χ2n) is 8.43. The van der Waals surface area contributed by atoms with Gasteiger partial charge in [0.25, 0.3) is 0 Å². The minimum Gasteiger partial charge on any atom is -0.477 e. The molecular weight excluding hydrogens is 394 g/mol. The van der Waals surface area contributed by atoms with Crippen LogP contribution in [0.1, 0.15) is 42.2 Å². The van der Waals surface area contributed by atoms with E-state index in [-0.39, 0.29) is 11.7 Å². The number of fused-ring (bicyclic) bond motifs is 1. The lowest BCUT2D eigenvalue weighted by molar-refractivity contribution is 0.0683. The molecule has 2 N–H and O–H groups in total. The number of aromatic carboxylic acids is 1. The number of aromatic nitrogens is 4. The maximum atomic E-state index is 11.8. The van der Waals surface area contributed by atoms with Crippen LogP contribution in [0.5, 0.6) is 0 Å². The van der Waals surface area contributed by atoms with Gasteiger partial charge in [0.15, 0.2) is 0 Å². The van der Waals surface area contributed by atoms with Crippen molar-refractivity contribution >= 4 is 34.5 Å². The van der Waals surface area contributed by atoms with Gasteiger partial charge in [0.2, 0.25) is 5.95 Å². The molecule has 1 aliphatic carbocycles. The first kappa shape index (κ1) is 19.7. The van der Waals surface area contributed by atoms with E-state index in [0.29, 0.717) is 17.4 Å². The van der Waals surface area contributed by atoms with E-state index in [2.05, 4.69) is 43.2 Å². The van der Waals surface area contributed by atoms with E-state index in [1.165, 1.54) is 0 Å². The van der Waals surface area contributed by atoms with E-state index in [9.17, 15) is 9.90 Å². The van der Waals surface area contributed by atoms with E-state index in [1.807, 2.05) is 16.8 Å². The molecule has 0 spiro atoms. The first-order valence-electron chi connectivity index (χ1n) is 10.9. The first-order valence-corrected chi connectivity index (χ1v) is 10.9. The quantitative estimate of drug-likeness (QED) is 0.648. The number of nitrogens with one attached hydrogen (secondary N) is 1. The van der Waals surface area contributed by atoms with E-state index in [1.54, 1.807) is 12.3 Å². The summed E-state index contributed by atoms with van der Waals surface area (Å²) in [6, 6.07) is 5.83. The molecule has 1 saturated carbocycles. The topological polar surface area (TPSA) is 99.4 Å². The van der Waals surface area contributed by atoms with Crippen molar-refractivity contribution in [3.8, 4) is 0 Å². The van der Waals surface area contributed by atoms with Gasteiger partial charge in [-0.05, 0) is 38.1 Å². The second-order valence-corrected chi connectivity index (χ2v) is 8.43. The number of carboxylic acid groups (broad SMARTS) is 1. The van der Waals surface area contributed by atoms with Gasteiger partial charge in [-0.2, -0.15) is 4.98 Å². The third-order valence-corrected chi connectivity index (χ3v) is 6.34. The lowest BCUT2D eigenvalue weighted by atomic mass is 10.2. The Balaban J connectivity index is 1.39. The lowest BCUT2D eigenvalue weighted by Gasteiger charge is -2.33. The molecule has 5 rings (SSSR count). The van der Waals surface area contributed by atoms with Crippen molar-refractivity contribution in [2.75, 3.05) is 43.4 Å². The van der Waals surface area contributed by atoms with Gasteiger partial charge >= 0.3 is 5.97 Å². The predicted molar refractivity (Wildman–Crippen MR) is 119 cm³/mol. The maximum absolute atomic E-state index is 11.8. The minimum atomic E-state index is -0.930. The van der Waals surface area contributed by atoms with Crippen molar-refractivity contribution in [2.24, 2.45) is 0 Å². The van der Waals surface area contributed by atoms with Crippen molar-refractivity contribution < 1.29 is 9.90 Å². The van der Waals surface area contributed by atoms with Gasteiger partial charge in [-0.3, -0.25) is 0 Å². The molecule has 9 heteroatoms. The highest BCUT2D eigenvalue weighted by molar-refractivity contribution is 5.93. The van der Waals surface area contributed by atoms with Crippen LogP contribution in [0.2, 0.25) is 0 Å². The summed E-state index contributed by atoms with van der Waals surface area (Å²) >= 11 is 0. The fourth-order valence-corrected chi connectivity index (χ4v) is 4.59. The van der Waals surface area contributed by atoms with Crippen LogP contribution in [0.4, 0.5) is 17.5 Å². The molecule has 9 nitrogen and oxygen atoms in total. The van der Waals surface area contributed by atoms with Gasteiger partial charge in [-0.1, -0.05) is 12.8 Å². The number of piperazine rings is 1. The summed E-state index contributed by atoms with van der Waals surface area (Å²) < 4.78 is 1.88. The van der Waals surface area contributed by atoms with Crippen LogP contribution in [0.15, 0.2) is 30.6 Å². The van der Waals surface area contributed by atoms with Crippen molar-refractivity contribution in [1.29, 1.82) is 0 Å². The third-order valence-electron chi connectivity index (χ3n) is 6.34. The van der Waals surface area contributed by atoms with E-state index in [0.717, 1.165) is 62.9 Å². The van der Waals surface area contributed by atoms with E-state index in [4.69, 9.17) is 0 Å². The number of hydrogen-bond donors (Lipinski definition) is 2. The van der Waals surface area contributed by atoms with Crippen LogP contribution in [-0.4, -0.2) is 68.7 Å². The number of anilines is 3. The second kappa shape index (κ2) is 8.14. The summed E-state index contributed by atoms with van der Waals surface area (Å²) in [6.07, 6.45) is 7.74. The van der Waals surface area contributed by atoms with Gasteiger partial charge in [-0.15, -0.1) is 0 Å². The number of likely N-dealkylation sites (N-methyl/N-ethyl adjacent to an activating group) is 1. The molecule has 0 aromatic carbocycles. The predicted octanol–water partition coefficient (Wildman–Crippen LogP) is 3.14. The highest BCUT2D eigenvalue weighted by Crippen LogP contribution is 2.34. The number of rotatable bonds is 5. The van der Waals surface area contributed by atoms with Gasteiger partial charge in [0.05, 0.1) is 11.9 Å². The smallest absolute Gasteiger partial charge is 0.352 e. The highest BCUT2D eigenvalue weighted by atomic mass is 16.4. The van der Waals surface area contributed by atoms with Crippen molar-refractivity contribution in [1.82, 2.24) is 24.4 Å². The number of hydrogen-bond acceptors (Lipinski definition) is 7. The Labute approximate surface area is 180 Å². The van der Waals surface area contributed by atoms with E-state index >= 15 is 0 Å². The largest absolute Gasteiger partial charge is 0.477 e. The number of carbonyl (C=O) groups is 1. The third kappa shape index (κ3) is 3.93. The molecule has 2 fully saturated rings. The molecule has 0 bridgehead atoms. The summed E-state index contributed by atoms with van der Waals surface area (Å²) in [4.78, 5) is 30.0. The Morgan fingerprint density at radius 3 is 2.55 bits per heavy atom. The molecule has 3 aromatic heterocycles. The molecule has 4 heterocycles. The van der Waals surface area contributed by atoms with Crippen molar-refractivity contribution in [3.63, 3.8) is 0 Å². The van der Waals surface area contributed by atoms with Gasteiger partial charge in [0, 0.05) is 43.8 Å². The monoisotopic (exact) mass is 421 g/mol. The zero-order valence-corrected chi connectivity index (χ0v) is 17.7. The normalized spacial score (nSPS) is 18.0. The molecule has 162 valence electrons. The fraction of sp³-hybridized carbons (Fsp3) is 0.455. The Bertz CT molecular complexity index is 1080. The van der Waals surface area contributed by atoms with E-state index < -0.39 is 5.97 Å². The van der Waals surface area contributed by atoms with Crippen LogP contribution in [0.25, 0.3) is 11.0 Å². The molecule has 0 radical (unpaired) electrons. The van der Waals surface area contributed by atoms with Crippen LogP contribution in [0.3, 0.4) is 0 Å². The van der Waals surface area contributed by atoms with Crippen LogP contribution in [0, 0.1) is 0 Å². The van der Waals surface area contributed by atoms with Gasteiger partial charge < -0.3 is 24.8 Å². The van der Waals surface area contributed by atoms with Gasteiger partial charge in [-0.25, -0.2) is 14.8 Å². The minimum absolute atomic E-state index is 0.173. The molecular formula is C22H27N7O2. The molecule has 0 unspecified atom stereocenters. The molecule has 3 aromatic rings. The zero-order chi connectivity index (χ0) is 21.4. The van der Waals surface area contributed by atoms with Crippen LogP contribution >= 0.6 is 0 Å². The number of pyridine rings is 1. The molecule has 31 heavy (non-hydrogen) atoms. The van der Waals surface area contributed by atoms with Gasteiger partial charge in [0.1, 0.15) is 17.2 Å². The summed E-state index contributed by atoms with van der Waals surface area (Å²) in [7, 11) is 2.14. The SMILES string of the molecule is CN1CCN(c2ccc(Nc3ncc4cc(C(=O)O)n(C5CCCC5)c4n3)nc2)CC1. The Hall–Kier alpha value is -3.20. The summed E-state index contributed by atoms with van der Waals surface area (Å²) in [5.74, 6) is 0.150. The average Bonchev–Trinajstić information content (AvgIpc) is 3.42. The standard InChI is InChI=1S/C22H27N7O2/c1-27-8-10-28(11-9-27)17-6-7-19(23-14-17)25-22-24-13-15-12-18(21(30)31)29(20(15)26-22)16-4-2-3-5-16/h6-7,12-14,16H,2-5,8-11H2,1H3,(H,30,31)(H,23,24,25,26). The maximum Gasteiger partial charge on any atom is 0.352 e. The lowest BCUT2D eigenvalue weighted by Crippen LogP contribution is -2.44. The Morgan fingerprint density at radius 1 is 1.10 bits per heavy atom. The Kier molecular flexibility index (Phi) is 5.19. The Morgan fingerprint density at radius 2 is 1.87 bits per heavy atom. The number of carboxylic acids is 1. The average molecular weight is 422 g/mol. The fourth-order valence-electron chi connectivity index (χ4n) is 4.59. The molecule has 2 aliphatic rings. The molecule has 1 aliphatic heterocycles. The first-order chi connectivity index (χ1) is 15.1. The van der Waals surface area contributed by atoms with Crippen molar-refractivity contribution in [3.05, 3.63) is 36.3 Å². The summed E-state index contributed by atoms with van der Waals surface area (Å²) in [5.41, 5.74) is 2.05. The van der Waals surface area contributed by atoms with Crippen LogP contribution in [-0.2, 0) is 0 Å². The molecule has 0 amide bonds. The highest BCUT2D eigenvalue weighted by Gasteiger charge is 2.25. The zero-order valence-electron chi connectivity index (χ0n) is 17.7. The summed E-state index contributed by atoms with van der Waals surface area (Å²) in [6.45, 7) is 4.09. The summed E-state index contributed by atoms with van der Waals surface area (Å²) in [5, 5.41) is 13.6. The van der Waals surface area contributed by atoms with Crippen LogP contribution < -0.4 is 10.2 Å². The molecule has 1 saturated heterocycles.